The zero-order chi connectivity index (χ0) is 40.6. The SMILES string of the molecule is O=S(=O)(O)c1c(CCCN(CCCO)CCCO)ccc2c1Oc1c(c(Cl)c3oc4c(S(=O)(=O)O)c(=NCCN(CCCO)CCCO)ccc-4nc3c1Cl)N2. The Kier molecular flexibility index (Phi) is 15.3. The van der Waals surface area contributed by atoms with Crippen molar-refractivity contribution < 1.29 is 55.5 Å². The maximum absolute atomic E-state index is 12.8. The minimum absolute atomic E-state index is 0.00419. The smallest absolute Gasteiger partial charge is 0.300 e. The summed E-state index contributed by atoms with van der Waals surface area (Å²) >= 11 is 13.6. The van der Waals surface area contributed by atoms with Crippen molar-refractivity contribution in [2.75, 3.05) is 77.6 Å². The molecule has 0 aromatic heterocycles. The van der Waals surface area contributed by atoms with Gasteiger partial charge in [0.05, 0.1) is 17.6 Å². The first-order chi connectivity index (χ1) is 26.7. The van der Waals surface area contributed by atoms with E-state index in [1.165, 1.54) is 18.2 Å². The van der Waals surface area contributed by atoms with E-state index in [1.54, 1.807) is 6.07 Å². The van der Waals surface area contributed by atoms with Gasteiger partial charge in [0.2, 0.25) is 0 Å². The lowest BCUT2D eigenvalue weighted by Gasteiger charge is -2.27. The van der Waals surface area contributed by atoms with E-state index in [4.69, 9.17) is 32.4 Å². The number of hydrogen-bond donors (Lipinski definition) is 7. The molecule has 0 amide bonds. The van der Waals surface area contributed by atoms with Crippen molar-refractivity contribution in [3.8, 4) is 23.0 Å². The van der Waals surface area contributed by atoms with Crippen molar-refractivity contribution >= 4 is 65.9 Å². The van der Waals surface area contributed by atoms with Crippen LogP contribution in [0.2, 0.25) is 10.0 Å². The van der Waals surface area contributed by atoms with Gasteiger partial charge in [0, 0.05) is 59.2 Å². The molecule has 2 aromatic rings. The van der Waals surface area contributed by atoms with Gasteiger partial charge in [-0.3, -0.25) is 14.1 Å². The van der Waals surface area contributed by atoms with E-state index < -0.39 is 30.0 Å². The van der Waals surface area contributed by atoms with Crippen molar-refractivity contribution in [1.29, 1.82) is 0 Å². The van der Waals surface area contributed by atoms with Gasteiger partial charge >= 0.3 is 10.1 Å². The van der Waals surface area contributed by atoms with Gasteiger partial charge in [-0.15, -0.1) is 0 Å². The molecule has 21 heteroatoms. The number of aliphatic hydroxyl groups is 4. The van der Waals surface area contributed by atoms with Gasteiger partial charge in [-0.2, -0.15) is 16.8 Å². The normalized spacial score (nSPS) is 13.4. The first kappa shape index (κ1) is 43.9. The Labute approximate surface area is 334 Å². The number of ether oxygens (including phenoxy) is 1. The summed E-state index contributed by atoms with van der Waals surface area (Å²) in [5, 5.41) is 39.5. The molecule has 1 aliphatic carbocycles. The van der Waals surface area contributed by atoms with Gasteiger partial charge in [0.1, 0.15) is 31.8 Å². The van der Waals surface area contributed by atoms with E-state index in [0.29, 0.717) is 71.4 Å². The number of aromatic nitrogens is 1. The second-order valence-corrected chi connectivity index (χ2v) is 16.5. The van der Waals surface area contributed by atoms with Crippen LogP contribution in [0.25, 0.3) is 22.6 Å². The maximum Gasteiger partial charge on any atom is 0.300 e. The fourth-order valence-electron chi connectivity index (χ4n) is 6.53. The van der Waals surface area contributed by atoms with Crippen LogP contribution in [0.15, 0.2) is 43.5 Å². The third-order valence-electron chi connectivity index (χ3n) is 9.10. The number of fused-ring (bicyclic) bond motifs is 4. The highest BCUT2D eigenvalue weighted by Gasteiger charge is 2.34. The van der Waals surface area contributed by atoms with E-state index in [0.717, 1.165) is 0 Å². The molecule has 0 fully saturated rings. The van der Waals surface area contributed by atoms with Crippen molar-refractivity contribution in [1.82, 2.24) is 14.8 Å². The number of aliphatic hydroxyl groups excluding tert-OH is 4. The molecule has 0 bridgehead atoms. The van der Waals surface area contributed by atoms with Crippen LogP contribution in [0.5, 0.6) is 11.5 Å². The largest absolute Gasteiger partial charge is 0.450 e. The highest BCUT2D eigenvalue weighted by Crippen LogP contribution is 2.54. The van der Waals surface area contributed by atoms with Gasteiger partial charge in [-0.05, 0) is 68.8 Å². The third-order valence-corrected chi connectivity index (χ3v) is 11.7. The molecule has 0 radical (unpaired) electrons. The summed E-state index contributed by atoms with van der Waals surface area (Å²) < 4.78 is 84.2. The average molecular weight is 863 g/mol. The molecular formula is C35H45Cl2N5O12S2. The van der Waals surface area contributed by atoms with E-state index in [9.17, 15) is 46.4 Å². The quantitative estimate of drug-likeness (QED) is 0.0411. The summed E-state index contributed by atoms with van der Waals surface area (Å²) in [6.07, 6.45) is 2.77. The summed E-state index contributed by atoms with van der Waals surface area (Å²) in [6.45, 7) is 3.20. The molecule has 0 saturated heterocycles. The molecule has 2 heterocycles. The average Bonchev–Trinajstić information content (AvgIpc) is 3.16. The Morgan fingerprint density at radius 1 is 0.714 bits per heavy atom. The van der Waals surface area contributed by atoms with Crippen LogP contribution in [0.3, 0.4) is 0 Å². The van der Waals surface area contributed by atoms with Crippen LogP contribution in [0.1, 0.15) is 37.7 Å². The van der Waals surface area contributed by atoms with E-state index >= 15 is 0 Å². The van der Waals surface area contributed by atoms with Crippen molar-refractivity contribution in [3.05, 3.63) is 45.2 Å². The minimum Gasteiger partial charge on any atom is -0.450 e. The Morgan fingerprint density at radius 2 is 1.29 bits per heavy atom. The second-order valence-electron chi connectivity index (χ2n) is 13.1. The number of anilines is 2. The molecule has 2 aliphatic heterocycles. The molecule has 0 spiro atoms. The lowest BCUT2D eigenvalue weighted by Crippen LogP contribution is -2.30. The van der Waals surface area contributed by atoms with Crippen LogP contribution >= 0.6 is 23.2 Å². The highest BCUT2D eigenvalue weighted by atomic mass is 35.5. The van der Waals surface area contributed by atoms with Gasteiger partial charge < -0.3 is 44.7 Å². The Balaban J connectivity index is 1.53. The van der Waals surface area contributed by atoms with Gasteiger partial charge in [0.25, 0.3) is 10.1 Å². The van der Waals surface area contributed by atoms with Crippen molar-refractivity contribution in [2.45, 2.75) is 48.3 Å². The minimum atomic E-state index is -4.96. The van der Waals surface area contributed by atoms with E-state index in [-0.39, 0.29) is 106 Å². The third kappa shape index (κ3) is 10.3. The zero-order valence-corrected chi connectivity index (χ0v) is 33.5. The summed E-state index contributed by atoms with van der Waals surface area (Å²) in [6, 6.07) is 5.82. The fraction of sp³-hybridized carbons (Fsp3) is 0.486. The molecular weight excluding hydrogens is 817 g/mol. The molecule has 0 unspecified atom stereocenters. The fourth-order valence-corrected chi connectivity index (χ4v) is 8.72. The molecule has 56 heavy (non-hydrogen) atoms. The molecule has 2 aromatic carbocycles. The molecule has 3 aliphatic rings. The molecule has 308 valence electrons. The number of hydrogen-bond acceptors (Lipinski definition) is 15. The summed E-state index contributed by atoms with van der Waals surface area (Å²) in [4.78, 5) is 11.8. The second kappa shape index (κ2) is 19.5. The van der Waals surface area contributed by atoms with Crippen molar-refractivity contribution in [3.63, 3.8) is 0 Å². The van der Waals surface area contributed by atoms with Crippen LogP contribution in [0, 0.1) is 0 Å². The maximum atomic E-state index is 12.8. The lowest BCUT2D eigenvalue weighted by molar-refractivity contribution is 0.200. The van der Waals surface area contributed by atoms with Crippen LogP contribution in [-0.4, -0.2) is 133 Å². The lowest BCUT2D eigenvalue weighted by atomic mass is 10.1. The molecule has 0 atom stereocenters. The number of rotatable bonds is 21. The Hall–Kier alpha value is -3.18. The Morgan fingerprint density at radius 3 is 1.86 bits per heavy atom. The highest BCUT2D eigenvalue weighted by molar-refractivity contribution is 7.86. The Bertz CT molecular complexity index is 2260. The standard InChI is InChI=1S/C35H45Cl2N5O12S2/c36-26-29-33(54-31-24(40-29)9-10-25(35(31)56(50,51)52)38-11-17-42(15-4-20-45)16-5-21-46)27(37)28-32(26)53-30-23(39-28)8-7-22(34(30)55(47,48)49)6-1-12-41(13-2-18-43)14-3-19-44/h7-10,39,43-46H,1-6,11-21H2,(H,47,48,49)(H,50,51,52). The van der Waals surface area contributed by atoms with E-state index in [1.807, 2.05) is 9.80 Å². The molecule has 17 nitrogen and oxygen atoms in total. The van der Waals surface area contributed by atoms with Gasteiger partial charge in [0.15, 0.2) is 27.7 Å². The number of nitrogens with zero attached hydrogens (tertiary/aromatic N) is 4. The molecule has 5 rings (SSSR count). The predicted molar refractivity (Wildman–Crippen MR) is 209 cm³/mol. The summed E-state index contributed by atoms with van der Waals surface area (Å²) in [7, 11) is -9.82. The first-order valence-electron chi connectivity index (χ1n) is 18.0. The van der Waals surface area contributed by atoms with Crippen LogP contribution < -0.4 is 15.4 Å². The summed E-state index contributed by atoms with van der Waals surface area (Å²) in [5.41, 5.74) is 0.0787. The van der Waals surface area contributed by atoms with Gasteiger partial charge in [-0.1, -0.05) is 29.3 Å². The van der Waals surface area contributed by atoms with Crippen molar-refractivity contribution in [2.24, 2.45) is 4.99 Å². The van der Waals surface area contributed by atoms with Crippen LogP contribution in [0.4, 0.5) is 11.4 Å². The predicted octanol–water partition coefficient (Wildman–Crippen LogP) is 3.55. The summed E-state index contributed by atoms with van der Waals surface area (Å²) in [5.74, 6) is -0.747. The van der Waals surface area contributed by atoms with E-state index in [2.05, 4.69) is 15.3 Å². The van der Waals surface area contributed by atoms with Gasteiger partial charge in [-0.25, -0.2) is 4.98 Å². The number of aryl methyl sites for hydroxylation is 1. The first-order valence-corrected chi connectivity index (χ1v) is 21.6. The zero-order valence-electron chi connectivity index (χ0n) is 30.3. The number of nitrogens with one attached hydrogen (secondary N) is 1. The number of halogens is 2. The molecule has 0 saturated carbocycles. The number of benzene rings is 3. The molecule has 7 N–H and O–H groups in total. The van der Waals surface area contributed by atoms with Crippen LogP contribution in [-0.2, 0) is 26.7 Å². The topological polar surface area (TPSA) is 256 Å². The monoisotopic (exact) mass is 861 g/mol.